The molecule has 5 heteroatoms. The van der Waals surface area contributed by atoms with E-state index < -0.39 is 5.97 Å². The Bertz CT molecular complexity index is 243. The van der Waals surface area contributed by atoms with Crippen molar-refractivity contribution in [3.63, 3.8) is 0 Å². The Morgan fingerprint density at radius 3 is 2.60 bits per heavy atom. The first kappa shape index (κ1) is 11.8. The van der Waals surface area contributed by atoms with Gasteiger partial charge < -0.3 is 15.7 Å². The van der Waals surface area contributed by atoms with Gasteiger partial charge in [0, 0.05) is 12.5 Å². The van der Waals surface area contributed by atoms with Gasteiger partial charge in [-0.25, -0.2) is 4.79 Å². The van der Waals surface area contributed by atoms with Gasteiger partial charge in [0.15, 0.2) is 0 Å². The zero-order chi connectivity index (χ0) is 11.3. The van der Waals surface area contributed by atoms with Crippen molar-refractivity contribution < 1.29 is 14.7 Å². The third kappa shape index (κ3) is 4.18. The normalized spacial score (nSPS) is 24.7. The lowest BCUT2D eigenvalue weighted by atomic mass is 10.0. The molecule has 0 aliphatic carbocycles. The summed E-state index contributed by atoms with van der Waals surface area (Å²) in [4.78, 5) is 21.2. The molecule has 86 valence electrons. The molecule has 1 heterocycles. The lowest BCUT2D eigenvalue weighted by Crippen LogP contribution is -2.30. The van der Waals surface area contributed by atoms with Crippen molar-refractivity contribution in [2.45, 2.75) is 51.1 Å². The molecule has 0 aromatic heterocycles. The fraction of sp³-hybridized carbons (Fsp3) is 0.800. The largest absolute Gasteiger partial charge is 0.481 e. The van der Waals surface area contributed by atoms with Gasteiger partial charge in [-0.1, -0.05) is 12.8 Å². The smallest absolute Gasteiger partial charge is 0.315 e. The third-order valence-corrected chi connectivity index (χ3v) is 2.68. The lowest BCUT2D eigenvalue weighted by molar-refractivity contribution is -0.137. The molecule has 0 bridgehead atoms. The predicted octanol–water partition coefficient (Wildman–Crippen LogP) is 1.09. The molecule has 5 nitrogen and oxygen atoms in total. The number of nitrogens with one attached hydrogen (secondary N) is 2. The van der Waals surface area contributed by atoms with Crippen molar-refractivity contribution >= 4 is 12.0 Å². The number of hydrogen-bond acceptors (Lipinski definition) is 2. The molecule has 2 amide bonds. The van der Waals surface area contributed by atoms with Crippen molar-refractivity contribution in [3.8, 4) is 0 Å². The zero-order valence-corrected chi connectivity index (χ0v) is 8.95. The Hall–Kier alpha value is -1.26. The SMILES string of the molecule is C[C@@H]1NC(=O)N[C@H]1CCCCCC(=O)O. The van der Waals surface area contributed by atoms with Crippen LogP contribution in [0.3, 0.4) is 0 Å². The Morgan fingerprint density at radius 1 is 1.33 bits per heavy atom. The molecule has 1 saturated heterocycles. The molecule has 0 aromatic carbocycles. The van der Waals surface area contributed by atoms with E-state index in [9.17, 15) is 9.59 Å². The fourth-order valence-corrected chi connectivity index (χ4v) is 1.78. The van der Waals surface area contributed by atoms with Crippen LogP contribution < -0.4 is 10.6 Å². The van der Waals surface area contributed by atoms with Crippen molar-refractivity contribution in [1.82, 2.24) is 10.6 Å². The molecule has 15 heavy (non-hydrogen) atoms. The van der Waals surface area contributed by atoms with E-state index in [1.54, 1.807) is 0 Å². The number of aliphatic carboxylic acids is 1. The van der Waals surface area contributed by atoms with Gasteiger partial charge >= 0.3 is 12.0 Å². The molecule has 1 aliphatic rings. The van der Waals surface area contributed by atoms with E-state index in [0.717, 1.165) is 25.7 Å². The molecular weight excluding hydrogens is 196 g/mol. The van der Waals surface area contributed by atoms with Crippen molar-refractivity contribution in [1.29, 1.82) is 0 Å². The number of carbonyl (C=O) groups is 2. The minimum atomic E-state index is -0.737. The minimum absolute atomic E-state index is 0.0990. The monoisotopic (exact) mass is 214 g/mol. The summed E-state index contributed by atoms with van der Waals surface area (Å²) in [5.74, 6) is -0.737. The number of carboxylic acids is 1. The molecular formula is C10H18N2O3. The molecule has 1 fully saturated rings. The highest BCUT2D eigenvalue weighted by atomic mass is 16.4. The maximum absolute atomic E-state index is 10.9. The van der Waals surface area contributed by atoms with E-state index in [1.165, 1.54) is 0 Å². The molecule has 1 aliphatic heterocycles. The minimum Gasteiger partial charge on any atom is -0.481 e. The molecule has 0 aromatic rings. The van der Waals surface area contributed by atoms with Crippen LogP contribution in [-0.4, -0.2) is 29.2 Å². The van der Waals surface area contributed by atoms with Gasteiger partial charge in [0.25, 0.3) is 0 Å². The first-order valence-corrected chi connectivity index (χ1v) is 5.38. The van der Waals surface area contributed by atoms with Crippen LogP contribution in [0.2, 0.25) is 0 Å². The molecule has 2 atom stereocenters. The third-order valence-electron chi connectivity index (χ3n) is 2.68. The van der Waals surface area contributed by atoms with Gasteiger partial charge in [-0.3, -0.25) is 4.79 Å². The summed E-state index contributed by atoms with van der Waals surface area (Å²) in [6.45, 7) is 1.97. The van der Waals surface area contributed by atoms with Crippen LogP contribution in [0.25, 0.3) is 0 Å². The second-order valence-corrected chi connectivity index (χ2v) is 4.01. The summed E-state index contributed by atoms with van der Waals surface area (Å²) >= 11 is 0. The summed E-state index contributed by atoms with van der Waals surface area (Å²) in [5, 5.41) is 14.1. The topological polar surface area (TPSA) is 78.4 Å². The van der Waals surface area contributed by atoms with E-state index in [4.69, 9.17) is 5.11 Å². The average molecular weight is 214 g/mol. The highest BCUT2D eigenvalue weighted by Crippen LogP contribution is 2.11. The maximum Gasteiger partial charge on any atom is 0.315 e. The number of rotatable bonds is 6. The first-order chi connectivity index (χ1) is 7.09. The molecule has 1 rings (SSSR count). The average Bonchev–Trinajstić information content (AvgIpc) is 2.44. The van der Waals surface area contributed by atoms with E-state index in [0.29, 0.717) is 0 Å². The van der Waals surface area contributed by atoms with Gasteiger partial charge in [-0.2, -0.15) is 0 Å². The maximum atomic E-state index is 10.9. The highest BCUT2D eigenvalue weighted by molar-refractivity contribution is 5.77. The molecule has 3 N–H and O–H groups in total. The number of carbonyl (C=O) groups excluding carboxylic acids is 1. The van der Waals surface area contributed by atoms with Crippen molar-refractivity contribution in [2.24, 2.45) is 0 Å². The van der Waals surface area contributed by atoms with Crippen LogP contribution in [0.1, 0.15) is 39.0 Å². The van der Waals surface area contributed by atoms with Gasteiger partial charge in [-0.15, -0.1) is 0 Å². The number of hydrogen-bond donors (Lipinski definition) is 3. The van der Waals surface area contributed by atoms with Crippen molar-refractivity contribution in [2.75, 3.05) is 0 Å². The van der Waals surface area contributed by atoms with Gasteiger partial charge in [0.1, 0.15) is 0 Å². The summed E-state index contributed by atoms with van der Waals surface area (Å²) < 4.78 is 0. The number of urea groups is 1. The van der Waals surface area contributed by atoms with Crippen LogP contribution in [-0.2, 0) is 4.79 Å². The second-order valence-electron chi connectivity index (χ2n) is 4.01. The summed E-state index contributed by atoms with van der Waals surface area (Å²) in [7, 11) is 0. The van der Waals surface area contributed by atoms with Crippen molar-refractivity contribution in [3.05, 3.63) is 0 Å². The standard InChI is InChI=1S/C10H18N2O3/c1-7-8(12-10(15)11-7)5-3-2-4-6-9(13)14/h7-8H,2-6H2,1H3,(H,13,14)(H2,11,12,15)/t7-,8-/m0/s1. The van der Waals surface area contributed by atoms with Gasteiger partial charge in [0.2, 0.25) is 0 Å². The molecule has 0 radical (unpaired) electrons. The van der Waals surface area contributed by atoms with E-state index in [-0.39, 0.29) is 24.5 Å². The van der Waals surface area contributed by atoms with E-state index in [2.05, 4.69) is 10.6 Å². The first-order valence-electron chi connectivity index (χ1n) is 5.38. The Kier molecular flexibility index (Phi) is 4.39. The Labute approximate surface area is 89.2 Å². The molecule has 0 unspecified atom stereocenters. The van der Waals surface area contributed by atoms with Crippen LogP contribution in [0.4, 0.5) is 4.79 Å². The van der Waals surface area contributed by atoms with Crippen LogP contribution in [0, 0.1) is 0 Å². The quantitative estimate of drug-likeness (QED) is 0.579. The molecule has 0 spiro atoms. The summed E-state index contributed by atoms with van der Waals surface area (Å²) in [6.07, 6.45) is 3.75. The fourth-order valence-electron chi connectivity index (χ4n) is 1.78. The number of amides is 2. The lowest BCUT2D eigenvalue weighted by Gasteiger charge is -2.13. The van der Waals surface area contributed by atoms with E-state index >= 15 is 0 Å². The summed E-state index contributed by atoms with van der Waals surface area (Å²) in [6, 6.07) is 0.275. The van der Waals surface area contributed by atoms with Crippen LogP contribution >= 0.6 is 0 Å². The van der Waals surface area contributed by atoms with Gasteiger partial charge in [0.05, 0.1) is 6.04 Å². The number of carboxylic acid groups (broad SMARTS) is 1. The zero-order valence-electron chi connectivity index (χ0n) is 8.95. The second kappa shape index (κ2) is 5.58. The molecule has 0 saturated carbocycles. The van der Waals surface area contributed by atoms with Crippen LogP contribution in [0.15, 0.2) is 0 Å². The Balaban J connectivity index is 2.05. The predicted molar refractivity (Wildman–Crippen MR) is 55.6 cm³/mol. The number of unbranched alkanes of at least 4 members (excludes halogenated alkanes) is 2. The highest BCUT2D eigenvalue weighted by Gasteiger charge is 2.26. The van der Waals surface area contributed by atoms with Gasteiger partial charge in [-0.05, 0) is 19.8 Å². The Morgan fingerprint density at radius 2 is 2.07 bits per heavy atom. The van der Waals surface area contributed by atoms with Crippen LogP contribution in [0.5, 0.6) is 0 Å². The van der Waals surface area contributed by atoms with E-state index in [1.807, 2.05) is 6.92 Å². The summed E-state index contributed by atoms with van der Waals surface area (Å²) in [5.41, 5.74) is 0.